The monoisotopic (exact) mass is 402 g/mol. The Balaban J connectivity index is 1.81. The van der Waals surface area contributed by atoms with E-state index in [1.807, 2.05) is 18.2 Å². The molecule has 0 saturated heterocycles. The Morgan fingerprint density at radius 3 is 2.55 bits per heavy atom. The van der Waals surface area contributed by atoms with Gasteiger partial charge in [0.05, 0.1) is 6.54 Å². The SMILES string of the molecule is O=C(CNc1cc(Br)ccc1Br)NC1CCCCCC1. The Morgan fingerprint density at radius 1 is 1.15 bits per heavy atom. The van der Waals surface area contributed by atoms with E-state index >= 15 is 0 Å². The summed E-state index contributed by atoms with van der Waals surface area (Å²) in [5.41, 5.74) is 0.926. The first-order valence-corrected chi connectivity index (χ1v) is 8.72. The summed E-state index contributed by atoms with van der Waals surface area (Å²) in [6.45, 7) is 0.311. The van der Waals surface area contributed by atoms with Gasteiger partial charge in [-0.2, -0.15) is 0 Å². The molecule has 0 spiro atoms. The lowest BCUT2D eigenvalue weighted by molar-refractivity contribution is -0.120. The third kappa shape index (κ3) is 5.09. The predicted octanol–water partition coefficient (Wildman–Crippen LogP) is 4.46. The molecule has 0 atom stereocenters. The standard InChI is InChI=1S/C15H20Br2N2O/c16-11-7-8-13(17)14(9-11)18-10-15(20)19-12-5-3-1-2-4-6-12/h7-9,12,18H,1-6,10H2,(H,19,20). The molecule has 1 aliphatic rings. The normalized spacial score (nSPS) is 16.5. The fraction of sp³-hybridized carbons (Fsp3) is 0.533. The van der Waals surface area contributed by atoms with Crippen LogP contribution in [0.3, 0.4) is 0 Å². The lowest BCUT2D eigenvalue weighted by atomic mass is 10.1. The van der Waals surface area contributed by atoms with Crippen LogP contribution in [0.15, 0.2) is 27.1 Å². The van der Waals surface area contributed by atoms with Gasteiger partial charge in [-0.1, -0.05) is 41.6 Å². The Bertz CT molecular complexity index is 457. The van der Waals surface area contributed by atoms with E-state index in [4.69, 9.17) is 0 Å². The van der Waals surface area contributed by atoms with Crippen LogP contribution >= 0.6 is 31.9 Å². The zero-order valence-electron chi connectivity index (χ0n) is 11.4. The molecule has 3 nitrogen and oxygen atoms in total. The van der Waals surface area contributed by atoms with Crippen LogP contribution in [0.2, 0.25) is 0 Å². The maximum atomic E-state index is 12.0. The lowest BCUT2D eigenvalue weighted by Gasteiger charge is -2.17. The Hall–Kier alpha value is -0.550. The van der Waals surface area contributed by atoms with Crippen molar-refractivity contribution in [2.45, 2.75) is 44.6 Å². The largest absolute Gasteiger partial charge is 0.375 e. The summed E-state index contributed by atoms with van der Waals surface area (Å²) in [6, 6.07) is 6.23. The molecule has 0 radical (unpaired) electrons. The van der Waals surface area contributed by atoms with Gasteiger partial charge in [-0.3, -0.25) is 4.79 Å². The molecular weight excluding hydrogens is 384 g/mol. The summed E-state index contributed by atoms with van der Waals surface area (Å²) in [6.07, 6.45) is 7.30. The van der Waals surface area contributed by atoms with Crippen molar-refractivity contribution in [3.63, 3.8) is 0 Å². The van der Waals surface area contributed by atoms with Crippen molar-refractivity contribution in [2.75, 3.05) is 11.9 Å². The molecule has 5 heteroatoms. The van der Waals surface area contributed by atoms with Crippen LogP contribution < -0.4 is 10.6 Å². The van der Waals surface area contributed by atoms with Gasteiger partial charge in [0.15, 0.2) is 0 Å². The second kappa shape index (κ2) is 8.03. The van der Waals surface area contributed by atoms with Crippen LogP contribution in [0, 0.1) is 0 Å². The summed E-state index contributed by atoms with van der Waals surface area (Å²) >= 11 is 6.90. The van der Waals surface area contributed by atoms with Gasteiger partial charge in [-0.25, -0.2) is 0 Å². The number of halogens is 2. The number of benzene rings is 1. The smallest absolute Gasteiger partial charge is 0.239 e. The van der Waals surface area contributed by atoms with Gasteiger partial charge in [0.25, 0.3) is 0 Å². The van der Waals surface area contributed by atoms with Gasteiger partial charge < -0.3 is 10.6 Å². The highest BCUT2D eigenvalue weighted by Crippen LogP contribution is 2.25. The predicted molar refractivity (Wildman–Crippen MR) is 90.0 cm³/mol. The molecule has 1 saturated carbocycles. The second-order valence-corrected chi connectivity index (χ2v) is 7.00. The molecule has 20 heavy (non-hydrogen) atoms. The van der Waals surface area contributed by atoms with Crippen LogP contribution in [-0.2, 0) is 4.79 Å². The average Bonchev–Trinajstić information content (AvgIpc) is 2.68. The summed E-state index contributed by atoms with van der Waals surface area (Å²) in [5.74, 6) is 0.0729. The average molecular weight is 404 g/mol. The lowest BCUT2D eigenvalue weighted by Crippen LogP contribution is -2.38. The van der Waals surface area contributed by atoms with Crippen LogP contribution in [0.1, 0.15) is 38.5 Å². The number of nitrogens with one attached hydrogen (secondary N) is 2. The highest BCUT2D eigenvalue weighted by molar-refractivity contribution is 9.11. The van der Waals surface area contributed by atoms with Gasteiger partial charge in [0.2, 0.25) is 5.91 Å². The summed E-state index contributed by atoms with van der Waals surface area (Å²) in [7, 11) is 0. The minimum Gasteiger partial charge on any atom is -0.375 e. The highest BCUT2D eigenvalue weighted by Gasteiger charge is 2.14. The Kier molecular flexibility index (Phi) is 6.36. The molecule has 0 unspecified atom stereocenters. The van der Waals surface area contributed by atoms with E-state index in [-0.39, 0.29) is 5.91 Å². The maximum Gasteiger partial charge on any atom is 0.239 e. The van der Waals surface area contributed by atoms with Crippen molar-refractivity contribution in [1.82, 2.24) is 5.32 Å². The van der Waals surface area contributed by atoms with Crippen molar-refractivity contribution >= 4 is 43.5 Å². The third-order valence-corrected chi connectivity index (χ3v) is 4.77. The number of hydrogen-bond acceptors (Lipinski definition) is 2. The molecule has 0 bridgehead atoms. The van der Waals surface area contributed by atoms with Gasteiger partial charge in [0, 0.05) is 20.7 Å². The van der Waals surface area contributed by atoms with Crippen molar-refractivity contribution in [2.24, 2.45) is 0 Å². The molecule has 110 valence electrons. The molecule has 1 amide bonds. The van der Waals surface area contributed by atoms with Crippen LogP contribution in [-0.4, -0.2) is 18.5 Å². The van der Waals surface area contributed by atoms with Crippen LogP contribution in [0.4, 0.5) is 5.69 Å². The van der Waals surface area contributed by atoms with Gasteiger partial charge >= 0.3 is 0 Å². The fourth-order valence-corrected chi connectivity index (χ4v) is 3.26. The molecule has 1 aromatic carbocycles. The molecule has 1 aromatic rings. The minimum atomic E-state index is 0.0729. The van der Waals surface area contributed by atoms with Crippen molar-refractivity contribution in [1.29, 1.82) is 0 Å². The number of amides is 1. The molecule has 2 rings (SSSR count). The van der Waals surface area contributed by atoms with E-state index in [0.29, 0.717) is 12.6 Å². The molecule has 0 aromatic heterocycles. The van der Waals surface area contributed by atoms with E-state index in [9.17, 15) is 4.79 Å². The zero-order valence-corrected chi connectivity index (χ0v) is 14.6. The number of hydrogen-bond donors (Lipinski definition) is 2. The first-order chi connectivity index (χ1) is 9.65. The van der Waals surface area contributed by atoms with Crippen molar-refractivity contribution in [3.05, 3.63) is 27.1 Å². The summed E-state index contributed by atoms with van der Waals surface area (Å²) in [4.78, 5) is 12.0. The van der Waals surface area contributed by atoms with E-state index in [0.717, 1.165) is 27.5 Å². The van der Waals surface area contributed by atoms with Gasteiger partial charge in [-0.15, -0.1) is 0 Å². The third-order valence-electron chi connectivity index (χ3n) is 3.59. The molecule has 1 fully saturated rings. The maximum absolute atomic E-state index is 12.0. The quantitative estimate of drug-likeness (QED) is 0.728. The van der Waals surface area contributed by atoms with Crippen LogP contribution in [0.25, 0.3) is 0 Å². The number of anilines is 1. The van der Waals surface area contributed by atoms with Gasteiger partial charge in [0.1, 0.15) is 0 Å². The van der Waals surface area contributed by atoms with Crippen LogP contribution in [0.5, 0.6) is 0 Å². The first kappa shape index (κ1) is 15.8. The fourth-order valence-electron chi connectivity index (χ4n) is 2.51. The number of rotatable bonds is 4. The topological polar surface area (TPSA) is 41.1 Å². The highest BCUT2D eigenvalue weighted by atomic mass is 79.9. The van der Waals surface area contributed by atoms with E-state index < -0.39 is 0 Å². The molecule has 2 N–H and O–H groups in total. The molecule has 1 aliphatic carbocycles. The second-order valence-electron chi connectivity index (χ2n) is 5.23. The zero-order chi connectivity index (χ0) is 14.4. The van der Waals surface area contributed by atoms with Gasteiger partial charge in [-0.05, 0) is 47.0 Å². The van der Waals surface area contributed by atoms with Crippen molar-refractivity contribution in [3.8, 4) is 0 Å². The Labute approximate surface area is 137 Å². The number of carbonyl (C=O) groups excluding carboxylic acids is 1. The molecule has 0 heterocycles. The molecule has 0 aliphatic heterocycles. The Morgan fingerprint density at radius 2 is 1.85 bits per heavy atom. The minimum absolute atomic E-state index is 0.0729. The van der Waals surface area contributed by atoms with Crippen molar-refractivity contribution < 1.29 is 4.79 Å². The van der Waals surface area contributed by atoms with E-state index in [1.54, 1.807) is 0 Å². The van der Waals surface area contributed by atoms with E-state index in [2.05, 4.69) is 42.5 Å². The first-order valence-electron chi connectivity index (χ1n) is 7.13. The summed E-state index contributed by atoms with van der Waals surface area (Å²) in [5, 5.41) is 6.30. The molecular formula is C15H20Br2N2O. The number of carbonyl (C=O) groups is 1. The van der Waals surface area contributed by atoms with E-state index in [1.165, 1.54) is 25.7 Å². The summed E-state index contributed by atoms with van der Waals surface area (Å²) < 4.78 is 1.95.